The van der Waals surface area contributed by atoms with E-state index in [2.05, 4.69) is 27.6 Å². The van der Waals surface area contributed by atoms with Crippen molar-refractivity contribution in [3.8, 4) is 0 Å². The third kappa shape index (κ3) is 7.79. The van der Waals surface area contributed by atoms with Gasteiger partial charge in [0.15, 0.2) is 15.8 Å². The fraction of sp³-hybridized carbons (Fsp3) is 0.611. The highest BCUT2D eigenvalue weighted by Gasteiger charge is 2.17. The molecule has 26 heavy (non-hydrogen) atoms. The first kappa shape index (κ1) is 23.2. The minimum absolute atomic E-state index is 0. The van der Waals surface area contributed by atoms with E-state index in [1.807, 2.05) is 12.1 Å². The normalized spacial score (nSPS) is 18.9. The van der Waals surface area contributed by atoms with Gasteiger partial charge in [0.25, 0.3) is 0 Å². The maximum absolute atomic E-state index is 11.5. The van der Waals surface area contributed by atoms with Crippen LogP contribution < -0.4 is 10.6 Å². The number of halogens is 1. The summed E-state index contributed by atoms with van der Waals surface area (Å²) >= 11 is 0. The van der Waals surface area contributed by atoms with E-state index in [9.17, 15) is 8.42 Å². The summed E-state index contributed by atoms with van der Waals surface area (Å²) in [5.74, 6) is 1.49. The molecular weight excluding hydrogens is 463 g/mol. The van der Waals surface area contributed by atoms with Crippen molar-refractivity contribution in [1.29, 1.82) is 0 Å². The monoisotopic (exact) mass is 494 g/mol. The van der Waals surface area contributed by atoms with E-state index in [1.165, 1.54) is 25.6 Å². The molecule has 1 aliphatic heterocycles. The molecule has 1 atom stereocenters. The van der Waals surface area contributed by atoms with Gasteiger partial charge in [-0.25, -0.2) is 8.42 Å². The van der Waals surface area contributed by atoms with E-state index in [-0.39, 0.29) is 24.0 Å². The van der Waals surface area contributed by atoms with Gasteiger partial charge in [-0.15, -0.1) is 24.0 Å². The molecule has 0 radical (unpaired) electrons. The second-order valence-corrected chi connectivity index (χ2v) is 8.83. The number of likely N-dealkylation sites (tertiary alicyclic amines) is 1. The Balaban J connectivity index is 0.00000338. The number of nitrogens with one attached hydrogen (secondary N) is 2. The molecule has 2 rings (SSSR count). The standard InChI is InChI=1S/C18H30N4O2S.HI/c1-19-18(21-13-16-5-4-12-22(2)14-16)20-11-10-15-6-8-17(9-7-15)25(3,23)24;/h6-9,16H,4-5,10-14H2,1-3H3,(H2,19,20,21);1H. The number of hydrogen-bond acceptors (Lipinski definition) is 4. The molecule has 0 aromatic heterocycles. The van der Waals surface area contributed by atoms with Gasteiger partial charge in [-0.2, -0.15) is 0 Å². The van der Waals surface area contributed by atoms with Crippen LogP contribution in [-0.4, -0.2) is 65.8 Å². The molecule has 2 N–H and O–H groups in total. The highest BCUT2D eigenvalue weighted by molar-refractivity contribution is 14.0. The second-order valence-electron chi connectivity index (χ2n) is 6.82. The molecule has 1 fully saturated rings. The lowest BCUT2D eigenvalue weighted by Gasteiger charge is -2.30. The Kier molecular flexibility index (Phi) is 9.88. The van der Waals surface area contributed by atoms with Gasteiger partial charge in [0.2, 0.25) is 0 Å². The third-order valence-electron chi connectivity index (χ3n) is 4.56. The number of aliphatic imine (C=N–C) groups is 1. The van der Waals surface area contributed by atoms with Crippen LogP contribution in [-0.2, 0) is 16.3 Å². The van der Waals surface area contributed by atoms with Crippen molar-refractivity contribution in [2.45, 2.75) is 24.2 Å². The third-order valence-corrected chi connectivity index (χ3v) is 5.69. The summed E-state index contributed by atoms with van der Waals surface area (Å²) in [6.45, 7) is 4.02. The van der Waals surface area contributed by atoms with Crippen LogP contribution in [0.5, 0.6) is 0 Å². The molecule has 1 aliphatic rings. The molecule has 0 aliphatic carbocycles. The second kappa shape index (κ2) is 11.1. The molecule has 0 saturated carbocycles. The number of piperidine rings is 1. The van der Waals surface area contributed by atoms with Crippen molar-refractivity contribution < 1.29 is 8.42 Å². The summed E-state index contributed by atoms with van der Waals surface area (Å²) < 4.78 is 22.9. The van der Waals surface area contributed by atoms with Gasteiger partial charge >= 0.3 is 0 Å². The molecule has 0 bridgehead atoms. The summed E-state index contributed by atoms with van der Waals surface area (Å²) in [6.07, 6.45) is 4.57. The van der Waals surface area contributed by atoms with E-state index in [0.29, 0.717) is 10.8 Å². The van der Waals surface area contributed by atoms with Gasteiger partial charge in [0.1, 0.15) is 0 Å². The van der Waals surface area contributed by atoms with Crippen LogP contribution >= 0.6 is 24.0 Å². The Morgan fingerprint density at radius 3 is 2.54 bits per heavy atom. The Labute approximate surface area is 174 Å². The van der Waals surface area contributed by atoms with E-state index in [0.717, 1.165) is 37.6 Å². The zero-order chi connectivity index (χ0) is 18.3. The zero-order valence-corrected chi connectivity index (χ0v) is 19.0. The number of guanidine groups is 1. The average Bonchev–Trinajstić information content (AvgIpc) is 2.57. The summed E-state index contributed by atoms with van der Waals surface area (Å²) in [6, 6.07) is 7.06. The van der Waals surface area contributed by atoms with Crippen LogP contribution in [0.25, 0.3) is 0 Å². The lowest BCUT2D eigenvalue weighted by atomic mass is 9.99. The predicted octanol–water partition coefficient (Wildman–Crippen LogP) is 1.76. The van der Waals surface area contributed by atoms with Gasteiger partial charge in [-0.05, 0) is 56.5 Å². The molecule has 8 heteroatoms. The average molecular weight is 494 g/mol. The van der Waals surface area contributed by atoms with Crippen LogP contribution in [0.1, 0.15) is 18.4 Å². The number of nitrogens with zero attached hydrogens (tertiary/aromatic N) is 2. The Morgan fingerprint density at radius 1 is 1.27 bits per heavy atom. The van der Waals surface area contributed by atoms with Gasteiger partial charge in [0, 0.05) is 32.9 Å². The summed E-state index contributed by atoms with van der Waals surface area (Å²) in [4.78, 5) is 7.01. The molecule has 1 aromatic rings. The Bertz CT molecular complexity index is 677. The quantitative estimate of drug-likeness (QED) is 0.358. The van der Waals surface area contributed by atoms with E-state index in [4.69, 9.17) is 0 Å². The van der Waals surface area contributed by atoms with Gasteiger partial charge in [0.05, 0.1) is 4.90 Å². The number of rotatable bonds is 6. The molecule has 1 aromatic carbocycles. The van der Waals surface area contributed by atoms with Gasteiger partial charge < -0.3 is 15.5 Å². The molecule has 1 unspecified atom stereocenters. The van der Waals surface area contributed by atoms with Crippen molar-refractivity contribution in [2.24, 2.45) is 10.9 Å². The SMILES string of the molecule is CN=C(NCCc1ccc(S(C)(=O)=O)cc1)NCC1CCCN(C)C1.I. The minimum atomic E-state index is -3.13. The number of sulfone groups is 1. The highest BCUT2D eigenvalue weighted by Crippen LogP contribution is 2.13. The van der Waals surface area contributed by atoms with Crippen LogP contribution in [0.3, 0.4) is 0 Å². The highest BCUT2D eigenvalue weighted by atomic mass is 127. The first-order valence-corrected chi connectivity index (χ1v) is 10.7. The minimum Gasteiger partial charge on any atom is -0.356 e. The molecule has 1 heterocycles. The predicted molar refractivity (Wildman–Crippen MR) is 118 cm³/mol. The van der Waals surface area contributed by atoms with Crippen LogP contribution in [0.15, 0.2) is 34.2 Å². The van der Waals surface area contributed by atoms with Crippen molar-refractivity contribution in [1.82, 2.24) is 15.5 Å². The van der Waals surface area contributed by atoms with Crippen molar-refractivity contribution in [3.05, 3.63) is 29.8 Å². The Morgan fingerprint density at radius 2 is 1.96 bits per heavy atom. The molecule has 148 valence electrons. The molecule has 0 spiro atoms. The maximum atomic E-state index is 11.5. The van der Waals surface area contributed by atoms with Crippen LogP contribution in [0.4, 0.5) is 0 Å². The summed E-state index contributed by atoms with van der Waals surface area (Å²) in [5, 5.41) is 6.73. The fourth-order valence-electron chi connectivity index (χ4n) is 3.13. The molecular formula is C18H31IN4O2S. The van der Waals surface area contributed by atoms with Crippen molar-refractivity contribution in [2.75, 3.05) is 46.5 Å². The van der Waals surface area contributed by atoms with Gasteiger partial charge in [-0.3, -0.25) is 4.99 Å². The molecule has 6 nitrogen and oxygen atoms in total. The van der Waals surface area contributed by atoms with E-state index in [1.54, 1.807) is 19.2 Å². The lowest BCUT2D eigenvalue weighted by Crippen LogP contribution is -2.44. The zero-order valence-electron chi connectivity index (χ0n) is 15.9. The summed E-state index contributed by atoms with van der Waals surface area (Å²) in [7, 11) is 0.828. The Hall–Kier alpha value is -0.870. The number of hydrogen-bond donors (Lipinski definition) is 2. The van der Waals surface area contributed by atoms with Gasteiger partial charge in [-0.1, -0.05) is 12.1 Å². The lowest BCUT2D eigenvalue weighted by molar-refractivity contribution is 0.210. The van der Waals surface area contributed by atoms with Crippen LogP contribution in [0.2, 0.25) is 0 Å². The van der Waals surface area contributed by atoms with E-state index < -0.39 is 9.84 Å². The summed E-state index contributed by atoms with van der Waals surface area (Å²) in [5.41, 5.74) is 1.10. The van der Waals surface area contributed by atoms with E-state index >= 15 is 0 Å². The maximum Gasteiger partial charge on any atom is 0.190 e. The smallest absolute Gasteiger partial charge is 0.190 e. The fourth-order valence-corrected chi connectivity index (χ4v) is 3.76. The van der Waals surface area contributed by atoms with Crippen molar-refractivity contribution >= 4 is 39.8 Å². The van der Waals surface area contributed by atoms with Crippen LogP contribution in [0, 0.1) is 5.92 Å². The topological polar surface area (TPSA) is 73.8 Å². The first-order chi connectivity index (χ1) is 11.9. The van der Waals surface area contributed by atoms with Crippen molar-refractivity contribution in [3.63, 3.8) is 0 Å². The molecule has 1 saturated heterocycles. The first-order valence-electron chi connectivity index (χ1n) is 8.80. The molecule has 0 amide bonds. The largest absolute Gasteiger partial charge is 0.356 e. The number of benzene rings is 1.